The van der Waals surface area contributed by atoms with Crippen LogP contribution in [0.25, 0.3) is 0 Å². The number of nitrogens with one attached hydrogen (secondary N) is 1. The van der Waals surface area contributed by atoms with Crippen molar-refractivity contribution < 1.29 is 4.74 Å². The Kier molecular flexibility index (Phi) is 6.50. The van der Waals surface area contributed by atoms with E-state index in [1.807, 2.05) is 7.11 Å². The summed E-state index contributed by atoms with van der Waals surface area (Å²) in [5.74, 6) is 1.02. The van der Waals surface area contributed by atoms with Gasteiger partial charge in [0.15, 0.2) is 0 Å². The summed E-state index contributed by atoms with van der Waals surface area (Å²) in [7, 11) is 3.91. The van der Waals surface area contributed by atoms with Crippen LogP contribution >= 0.6 is 0 Å². The molecule has 0 amide bonds. The number of rotatable bonds is 8. The van der Waals surface area contributed by atoms with Crippen molar-refractivity contribution in [2.45, 2.75) is 76.9 Å². The summed E-state index contributed by atoms with van der Waals surface area (Å²) < 4.78 is 5.48. The van der Waals surface area contributed by atoms with Gasteiger partial charge in [0.25, 0.3) is 0 Å². The van der Waals surface area contributed by atoms with Crippen LogP contribution in [0.2, 0.25) is 0 Å². The maximum Gasteiger partial charge on any atom is 0.0623 e. The molecule has 0 bridgehead atoms. The largest absolute Gasteiger partial charge is 0.379 e. The van der Waals surface area contributed by atoms with E-state index >= 15 is 0 Å². The zero-order chi connectivity index (χ0) is 12.7. The summed E-state index contributed by atoms with van der Waals surface area (Å²) in [5, 5.41) is 3.47. The standard InChI is InChI=1S/C15H31NO/c1-15(2,17-4)12-11-14(16-3)10-9-13-7-5-6-8-13/h13-14,16H,5-12H2,1-4H3. The molecule has 17 heavy (non-hydrogen) atoms. The highest BCUT2D eigenvalue weighted by Gasteiger charge is 2.20. The normalized spacial score (nSPS) is 19.8. The van der Waals surface area contributed by atoms with E-state index < -0.39 is 0 Å². The van der Waals surface area contributed by atoms with Crippen LogP contribution < -0.4 is 5.32 Å². The maximum atomic E-state index is 5.48. The Morgan fingerprint density at radius 1 is 1.24 bits per heavy atom. The van der Waals surface area contributed by atoms with Gasteiger partial charge in [-0.1, -0.05) is 25.7 Å². The first kappa shape index (κ1) is 15.0. The van der Waals surface area contributed by atoms with E-state index in [2.05, 4.69) is 26.2 Å². The third kappa shape index (κ3) is 5.87. The van der Waals surface area contributed by atoms with E-state index in [9.17, 15) is 0 Å². The van der Waals surface area contributed by atoms with Crippen LogP contribution in [0, 0.1) is 5.92 Å². The van der Waals surface area contributed by atoms with Gasteiger partial charge in [-0.3, -0.25) is 0 Å². The molecule has 0 spiro atoms. The molecule has 0 heterocycles. The first-order valence-corrected chi connectivity index (χ1v) is 7.30. The second-order valence-electron chi connectivity index (χ2n) is 6.22. The maximum absolute atomic E-state index is 5.48. The van der Waals surface area contributed by atoms with E-state index in [0.717, 1.165) is 12.3 Å². The number of methoxy groups -OCH3 is 1. The molecule has 1 aliphatic rings. The minimum atomic E-state index is 0.0302. The van der Waals surface area contributed by atoms with Gasteiger partial charge in [0.2, 0.25) is 0 Å². The molecule has 1 saturated carbocycles. The zero-order valence-corrected chi connectivity index (χ0v) is 12.2. The van der Waals surface area contributed by atoms with Crippen LogP contribution in [0.3, 0.4) is 0 Å². The van der Waals surface area contributed by atoms with Crippen molar-refractivity contribution in [1.29, 1.82) is 0 Å². The van der Waals surface area contributed by atoms with Crippen LogP contribution in [0.15, 0.2) is 0 Å². The first-order chi connectivity index (χ1) is 8.07. The molecular weight excluding hydrogens is 210 g/mol. The number of hydrogen-bond donors (Lipinski definition) is 1. The molecule has 0 saturated heterocycles. The SMILES string of the molecule is CNC(CCC1CCCC1)CCC(C)(C)OC. The Hall–Kier alpha value is -0.0800. The van der Waals surface area contributed by atoms with Crippen molar-refractivity contribution in [2.75, 3.05) is 14.2 Å². The Bertz CT molecular complexity index is 197. The Morgan fingerprint density at radius 3 is 2.41 bits per heavy atom. The lowest BCUT2D eigenvalue weighted by Gasteiger charge is -2.26. The van der Waals surface area contributed by atoms with Crippen LogP contribution in [0.5, 0.6) is 0 Å². The van der Waals surface area contributed by atoms with Crippen molar-refractivity contribution in [2.24, 2.45) is 5.92 Å². The van der Waals surface area contributed by atoms with Crippen molar-refractivity contribution in [3.63, 3.8) is 0 Å². The predicted molar refractivity (Wildman–Crippen MR) is 74.4 cm³/mol. The summed E-state index contributed by atoms with van der Waals surface area (Å²) in [6.07, 6.45) is 11.0. The average Bonchev–Trinajstić information content (AvgIpc) is 2.82. The fraction of sp³-hybridized carbons (Fsp3) is 1.00. The minimum Gasteiger partial charge on any atom is -0.379 e. The van der Waals surface area contributed by atoms with Crippen molar-refractivity contribution in [1.82, 2.24) is 5.32 Å². The van der Waals surface area contributed by atoms with Gasteiger partial charge in [0.05, 0.1) is 5.60 Å². The lowest BCUT2D eigenvalue weighted by atomic mass is 9.93. The number of hydrogen-bond acceptors (Lipinski definition) is 2. The zero-order valence-electron chi connectivity index (χ0n) is 12.2. The quantitative estimate of drug-likeness (QED) is 0.699. The molecule has 1 aliphatic carbocycles. The molecule has 102 valence electrons. The summed E-state index contributed by atoms with van der Waals surface area (Å²) in [6.45, 7) is 4.35. The van der Waals surface area contributed by atoms with Gasteiger partial charge in [0, 0.05) is 13.2 Å². The van der Waals surface area contributed by atoms with Gasteiger partial charge >= 0.3 is 0 Å². The van der Waals surface area contributed by atoms with Gasteiger partial charge in [-0.15, -0.1) is 0 Å². The van der Waals surface area contributed by atoms with Gasteiger partial charge in [-0.25, -0.2) is 0 Å². The van der Waals surface area contributed by atoms with Crippen LogP contribution in [-0.4, -0.2) is 25.8 Å². The van der Waals surface area contributed by atoms with Crippen LogP contribution in [0.4, 0.5) is 0 Å². The second-order valence-corrected chi connectivity index (χ2v) is 6.22. The fourth-order valence-electron chi connectivity index (χ4n) is 2.79. The Balaban J connectivity index is 2.18. The lowest BCUT2D eigenvalue weighted by molar-refractivity contribution is 0.0116. The molecule has 0 aromatic heterocycles. The smallest absolute Gasteiger partial charge is 0.0623 e. The van der Waals surface area contributed by atoms with E-state index in [1.54, 1.807) is 0 Å². The summed E-state index contributed by atoms with van der Waals surface area (Å²) in [6, 6.07) is 0.671. The summed E-state index contributed by atoms with van der Waals surface area (Å²) in [5.41, 5.74) is 0.0302. The molecule has 2 heteroatoms. The molecule has 1 unspecified atom stereocenters. The average molecular weight is 241 g/mol. The lowest BCUT2D eigenvalue weighted by Crippen LogP contribution is -2.30. The van der Waals surface area contributed by atoms with Crippen molar-refractivity contribution in [3.05, 3.63) is 0 Å². The summed E-state index contributed by atoms with van der Waals surface area (Å²) >= 11 is 0. The molecule has 1 N–H and O–H groups in total. The molecule has 0 radical (unpaired) electrons. The van der Waals surface area contributed by atoms with E-state index in [4.69, 9.17) is 4.74 Å². The van der Waals surface area contributed by atoms with Gasteiger partial charge < -0.3 is 10.1 Å². The monoisotopic (exact) mass is 241 g/mol. The van der Waals surface area contributed by atoms with E-state index in [-0.39, 0.29) is 5.60 Å². The Labute approximate surface area is 108 Å². The molecule has 1 fully saturated rings. The van der Waals surface area contributed by atoms with Crippen molar-refractivity contribution in [3.8, 4) is 0 Å². The molecule has 0 aromatic carbocycles. The molecule has 0 aliphatic heterocycles. The van der Waals surface area contributed by atoms with E-state index in [1.165, 1.54) is 44.9 Å². The topological polar surface area (TPSA) is 21.3 Å². The summed E-state index contributed by atoms with van der Waals surface area (Å²) in [4.78, 5) is 0. The highest BCUT2D eigenvalue weighted by Crippen LogP contribution is 2.29. The third-order valence-corrected chi connectivity index (χ3v) is 4.45. The fourth-order valence-corrected chi connectivity index (χ4v) is 2.79. The van der Waals surface area contributed by atoms with Crippen LogP contribution in [-0.2, 0) is 4.74 Å². The van der Waals surface area contributed by atoms with Crippen LogP contribution in [0.1, 0.15) is 65.2 Å². The minimum absolute atomic E-state index is 0.0302. The third-order valence-electron chi connectivity index (χ3n) is 4.45. The first-order valence-electron chi connectivity index (χ1n) is 7.30. The van der Waals surface area contributed by atoms with Gasteiger partial charge in [-0.2, -0.15) is 0 Å². The Morgan fingerprint density at radius 2 is 1.88 bits per heavy atom. The molecule has 0 aromatic rings. The second kappa shape index (κ2) is 7.38. The number of ether oxygens (including phenoxy) is 1. The molecule has 2 nitrogen and oxygen atoms in total. The van der Waals surface area contributed by atoms with E-state index in [0.29, 0.717) is 6.04 Å². The molecule has 1 rings (SSSR count). The highest BCUT2D eigenvalue weighted by molar-refractivity contribution is 4.76. The van der Waals surface area contributed by atoms with Gasteiger partial charge in [-0.05, 0) is 52.5 Å². The van der Waals surface area contributed by atoms with Crippen molar-refractivity contribution >= 4 is 0 Å². The van der Waals surface area contributed by atoms with Gasteiger partial charge in [0.1, 0.15) is 0 Å². The highest BCUT2D eigenvalue weighted by atomic mass is 16.5. The molecule has 1 atom stereocenters. The predicted octanol–water partition coefficient (Wildman–Crippen LogP) is 3.75. The molecular formula is C15H31NO.